The molecule has 1 aromatic rings. The van der Waals surface area contributed by atoms with E-state index in [1.165, 1.54) is 0 Å². The van der Waals surface area contributed by atoms with E-state index in [4.69, 9.17) is 11.6 Å². The largest absolute Gasteiger partial charge is 0.353 e. The molecule has 1 N–H and O–H groups in total. The van der Waals surface area contributed by atoms with Gasteiger partial charge in [0.15, 0.2) is 5.82 Å². The summed E-state index contributed by atoms with van der Waals surface area (Å²) in [5.74, 6) is 0.862. The highest BCUT2D eigenvalue weighted by atomic mass is 35.5. The van der Waals surface area contributed by atoms with Crippen molar-refractivity contribution >= 4 is 17.4 Å². The maximum Gasteiger partial charge on any atom is 0.151 e. The molecule has 1 aliphatic heterocycles. The standard InChI is InChI=1S/C9H13ClN4/c1-7-8(10)9(13-6-12-7)14-4-2-11-3-5-14/h6,11H,2-5H2,1H3. The molecule has 1 aromatic heterocycles. The fraction of sp³-hybridized carbons (Fsp3) is 0.556. The Morgan fingerprint density at radius 2 is 2.07 bits per heavy atom. The molecule has 0 aliphatic carbocycles. The number of anilines is 1. The van der Waals surface area contributed by atoms with Crippen LogP contribution in [0, 0.1) is 6.92 Å². The zero-order valence-corrected chi connectivity index (χ0v) is 8.88. The third kappa shape index (κ3) is 1.81. The van der Waals surface area contributed by atoms with Crippen LogP contribution < -0.4 is 10.2 Å². The van der Waals surface area contributed by atoms with Gasteiger partial charge in [0.05, 0.1) is 5.69 Å². The second kappa shape index (κ2) is 4.11. The Kier molecular flexibility index (Phi) is 2.84. The molecule has 0 saturated carbocycles. The number of hydrogen-bond donors (Lipinski definition) is 1. The van der Waals surface area contributed by atoms with Gasteiger partial charge in [0.2, 0.25) is 0 Å². The number of hydrogen-bond acceptors (Lipinski definition) is 4. The van der Waals surface area contributed by atoms with E-state index in [0.29, 0.717) is 5.02 Å². The molecule has 0 bridgehead atoms. The van der Waals surface area contributed by atoms with Crippen LogP contribution in [-0.4, -0.2) is 36.1 Å². The van der Waals surface area contributed by atoms with Crippen molar-refractivity contribution < 1.29 is 0 Å². The maximum absolute atomic E-state index is 6.14. The Hall–Kier alpha value is -0.870. The first kappa shape index (κ1) is 9.68. The minimum atomic E-state index is 0.675. The van der Waals surface area contributed by atoms with E-state index >= 15 is 0 Å². The molecule has 76 valence electrons. The molecule has 14 heavy (non-hydrogen) atoms. The summed E-state index contributed by atoms with van der Waals surface area (Å²) in [6.45, 7) is 5.78. The summed E-state index contributed by atoms with van der Waals surface area (Å²) in [5.41, 5.74) is 0.843. The summed E-state index contributed by atoms with van der Waals surface area (Å²) in [6.07, 6.45) is 1.57. The minimum absolute atomic E-state index is 0.675. The van der Waals surface area contributed by atoms with Crippen LogP contribution >= 0.6 is 11.6 Å². The van der Waals surface area contributed by atoms with E-state index in [-0.39, 0.29) is 0 Å². The Morgan fingerprint density at radius 1 is 1.36 bits per heavy atom. The van der Waals surface area contributed by atoms with Gasteiger partial charge in [-0.2, -0.15) is 0 Å². The van der Waals surface area contributed by atoms with Crippen molar-refractivity contribution in [3.63, 3.8) is 0 Å². The lowest BCUT2D eigenvalue weighted by Crippen LogP contribution is -2.44. The molecule has 5 heteroatoms. The molecule has 1 saturated heterocycles. The molecule has 2 heterocycles. The summed E-state index contributed by atoms with van der Waals surface area (Å²) in [6, 6.07) is 0. The summed E-state index contributed by atoms with van der Waals surface area (Å²) < 4.78 is 0. The maximum atomic E-state index is 6.14. The van der Waals surface area contributed by atoms with Crippen molar-refractivity contribution in [3.05, 3.63) is 17.0 Å². The van der Waals surface area contributed by atoms with Gasteiger partial charge in [-0.25, -0.2) is 9.97 Å². The Balaban J connectivity index is 2.26. The molecule has 0 amide bonds. The highest BCUT2D eigenvalue weighted by Crippen LogP contribution is 2.24. The summed E-state index contributed by atoms with van der Waals surface area (Å²) in [5, 5.41) is 3.97. The Labute approximate surface area is 88.3 Å². The number of aryl methyl sites for hydroxylation is 1. The normalized spacial score (nSPS) is 17.1. The van der Waals surface area contributed by atoms with Gasteiger partial charge in [-0.3, -0.25) is 0 Å². The smallest absolute Gasteiger partial charge is 0.151 e. The molecule has 0 spiro atoms. The van der Waals surface area contributed by atoms with Gasteiger partial charge in [0.1, 0.15) is 11.3 Å². The first-order valence-electron chi connectivity index (χ1n) is 4.72. The number of aromatic nitrogens is 2. The SMILES string of the molecule is Cc1ncnc(N2CCNCC2)c1Cl. The summed E-state index contributed by atoms with van der Waals surface area (Å²) in [7, 11) is 0. The molecule has 0 radical (unpaired) electrons. The van der Waals surface area contributed by atoms with Crippen molar-refractivity contribution in [1.29, 1.82) is 0 Å². The molecular weight excluding hydrogens is 200 g/mol. The average Bonchev–Trinajstić information content (AvgIpc) is 2.23. The summed E-state index contributed by atoms with van der Waals surface area (Å²) in [4.78, 5) is 10.5. The number of piperazine rings is 1. The van der Waals surface area contributed by atoms with Crippen molar-refractivity contribution in [1.82, 2.24) is 15.3 Å². The highest BCUT2D eigenvalue weighted by Gasteiger charge is 2.15. The van der Waals surface area contributed by atoms with Crippen LogP contribution in [0.4, 0.5) is 5.82 Å². The van der Waals surface area contributed by atoms with Gasteiger partial charge in [-0.15, -0.1) is 0 Å². The number of nitrogens with one attached hydrogen (secondary N) is 1. The summed E-state index contributed by atoms with van der Waals surface area (Å²) >= 11 is 6.14. The lowest BCUT2D eigenvalue weighted by Gasteiger charge is -2.29. The third-order valence-corrected chi connectivity index (χ3v) is 2.80. The highest BCUT2D eigenvalue weighted by molar-refractivity contribution is 6.33. The van der Waals surface area contributed by atoms with Gasteiger partial charge in [0, 0.05) is 26.2 Å². The van der Waals surface area contributed by atoms with Gasteiger partial charge in [-0.1, -0.05) is 11.6 Å². The van der Waals surface area contributed by atoms with Crippen LogP contribution in [0.25, 0.3) is 0 Å². The zero-order valence-electron chi connectivity index (χ0n) is 8.13. The van der Waals surface area contributed by atoms with E-state index in [1.807, 2.05) is 6.92 Å². The van der Waals surface area contributed by atoms with Crippen LogP contribution in [0.5, 0.6) is 0 Å². The Morgan fingerprint density at radius 3 is 2.79 bits per heavy atom. The van der Waals surface area contributed by atoms with Crippen molar-refractivity contribution in [2.24, 2.45) is 0 Å². The monoisotopic (exact) mass is 212 g/mol. The van der Waals surface area contributed by atoms with Gasteiger partial charge in [0.25, 0.3) is 0 Å². The fourth-order valence-corrected chi connectivity index (χ4v) is 1.76. The first-order valence-corrected chi connectivity index (χ1v) is 5.09. The molecule has 1 aliphatic rings. The van der Waals surface area contributed by atoms with Crippen LogP contribution in [-0.2, 0) is 0 Å². The molecule has 0 aromatic carbocycles. The lowest BCUT2D eigenvalue weighted by molar-refractivity contribution is 0.584. The van der Waals surface area contributed by atoms with E-state index in [0.717, 1.165) is 37.7 Å². The second-order valence-corrected chi connectivity index (χ2v) is 3.71. The zero-order chi connectivity index (χ0) is 9.97. The Bertz CT molecular complexity index is 323. The molecular formula is C9H13ClN4. The van der Waals surface area contributed by atoms with Crippen molar-refractivity contribution in [3.8, 4) is 0 Å². The number of rotatable bonds is 1. The average molecular weight is 213 g/mol. The molecule has 1 fully saturated rings. The molecule has 0 unspecified atom stereocenters. The number of nitrogens with zero attached hydrogens (tertiary/aromatic N) is 3. The second-order valence-electron chi connectivity index (χ2n) is 3.33. The topological polar surface area (TPSA) is 41.1 Å². The predicted octanol–water partition coefficient (Wildman–Crippen LogP) is 0.848. The van der Waals surface area contributed by atoms with Gasteiger partial charge >= 0.3 is 0 Å². The van der Waals surface area contributed by atoms with Crippen molar-refractivity contribution in [2.45, 2.75) is 6.92 Å². The van der Waals surface area contributed by atoms with Crippen LogP contribution in [0.15, 0.2) is 6.33 Å². The van der Waals surface area contributed by atoms with Gasteiger partial charge < -0.3 is 10.2 Å². The molecule has 4 nitrogen and oxygen atoms in total. The third-order valence-electron chi connectivity index (χ3n) is 2.36. The quantitative estimate of drug-likeness (QED) is 0.750. The first-order chi connectivity index (χ1) is 6.79. The van der Waals surface area contributed by atoms with E-state index < -0.39 is 0 Å². The van der Waals surface area contributed by atoms with E-state index in [1.54, 1.807) is 6.33 Å². The number of halogens is 1. The molecule has 0 atom stereocenters. The molecule has 2 rings (SSSR count). The van der Waals surface area contributed by atoms with Gasteiger partial charge in [-0.05, 0) is 6.92 Å². The minimum Gasteiger partial charge on any atom is -0.353 e. The lowest BCUT2D eigenvalue weighted by atomic mass is 10.3. The van der Waals surface area contributed by atoms with E-state index in [9.17, 15) is 0 Å². The van der Waals surface area contributed by atoms with Crippen LogP contribution in [0.1, 0.15) is 5.69 Å². The predicted molar refractivity (Wildman–Crippen MR) is 56.9 cm³/mol. The van der Waals surface area contributed by atoms with Crippen LogP contribution in [0.3, 0.4) is 0 Å². The van der Waals surface area contributed by atoms with Crippen molar-refractivity contribution in [2.75, 3.05) is 31.1 Å². The van der Waals surface area contributed by atoms with Crippen LogP contribution in [0.2, 0.25) is 5.02 Å². The fourth-order valence-electron chi connectivity index (χ4n) is 1.54. The van der Waals surface area contributed by atoms with E-state index in [2.05, 4.69) is 20.2 Å².